The fourth-order valence-corrected chi connectivity index (χ4v) is 6.40. The van der Waals surface area contributed by atoms with Gasteiger partial charge in [-0.15, -0.1) is 0 Å². The van der Waals surface area contributed by atoms with E-state index in [2.05, 4.69) is 17.6 Å². The lowest BCUT2D eigenvalue weighted by atomic mass is 10.00. The van der Waals surface area contributed by atoms with Crippen LogP contribution in [0, 0.1) is 5.92 Å². The smallest absolute Gasteiger partial charge is 0.254 e. The summed E-state index contributed by atoms with van der Waals surface area (Å²) in [6, 6.07) is 10.7. The highest BCUT2D eigenvalue weighted by molar-refractivity contribution is 7.89. The van der Waals surface area contributed by atoms with Crippen molar-refractivity contribution in [3.8, 4) is 0 Å². The Bertz CT molecular complexity index is 1020. The van der Waals surface area contributed by atoms with Gasteiger partial charge in [0.1, 0.15) is 0 Å². The van der Waals surface area contributed by atoms with Gasteiger partial charge >= 0.3 is 0 Å². The topological polar surface area (TPSA) is 62.6 Å². The number of sulfonamides is 1. The summed E-state index contributed by atoms with van der Waals surface area (Å²) >= 11 is 0. The van der Waals surface area contributed by atoms with Crippen molar-refractivity contribution < 1.29 is 13.2 Å². The SMILES string of the molecule is C[C@H]1CC[C@@H](c2cccn2C)N(C(=O)c2cccc(S(=O)(=O)N3CCCCC3)c2)CC1. The lowest BCUT2D eigenvalue weighted by Gasteiger charge is -2.31. The van der Waals surface area contributed by atoms with Gasteiger partial charge in [-0.3, -0.25) is 4.79 Å². The molecular formula is C24H33N3O3S. The number of hydrogen-bond donors (Lipinski definition) is 0. The summed E-state index contributed by atoms with van der Waals surface area (Å²) in [4.78, 5) is 15.8. The van der Waals surface area contributed by atoms with Crippen LogP contribution in [0.25, 0.3) is 0 Å². The van der Waals surface area contributed by atoms with Crippen LogP contribution in [0.2, 0.25) is 0 Å². The van der Waals surface area contributed by atoms with Crippen LogP contribution in [0.1, 0.15) is 67.5 Å². The Morgan fingerprint density at radius 1 is 0.968 bits per heavy atom. The molecule has 0 saturated carbocycles. The minimum Gasteiger partial charge on any atom is -0.353 e. The van der Waals surface area contributed by atoms with Gasteiger partial charge in [-0.25, -0.2) is 8.42 Å². The third-order valence-electron chi connectivity index (χ3n) is 6.79. The maximum absolute atomic E-state index is 13.6. The first-order valence-corrected chi connectivity index (χ1v) is 12.8. The first-order chi connectivity index (χ1) is 14.9. The average Bonchev–Trinajstić information content (AvgIpc) is 3.11. The summed E-state index contributed by atoms with van der Waals surface area (Å²) in [5, 5.41) is 0. The van der Waals surface area contributed by atoms with Gasteiger partial charge in [-0.1, -0.05) is 19.4 Å². The third kappa shape index (κ3) is 4.58. The van der Waals surface area contributed by atoms with Gasteiger partial charge in [0, 0.05) is 44.1 Å². The molecule has 0 N–H and O–H groups in total. The van der Waals surface area contributed by atoms with Gasteiger partial charge in [0.15, 0.2) is 0 Å². The highest BCUT2D eigenvalue weighted by atomic mass is 32.2. The number of aryl methyl sites for hydroxylation is 1. The van der Waals surface area contributed by atoms with Crippen LogP contribution in [0.3, 0.4) is 0 Å². The molecule has 168 valence electrons. The number of amides is 1. The molecule has 2 aliphatic rings. The Kier molecular flexibility index (Phi) is 6.53. The quantitative estimate of drug-likeness (QED) is 0.711. The van der Waals surface area contributed by atoms with E-state index in [4.69, 9.17) is 0 Å². The lowest BCUT2D eigenvalue weighted by Crippen LogP contribution is -2.37. The normalized spacial score (nSPS) is 23.5. The van der Waals surface area contributed by atoms with E-state index < -0.39 is 10.0 Å². The van der Waals surface area contributed by atoms with Crippen molar-refractivity contribution in [3.05, 3.63) is 53.9 Å². The van der Waals surface area contributed by atoms with E-state index in [1.165, 1.54) is 0 Å². The van der Waals surface area contributed by atoms with E-state index in [1.54, 1.807) is 28.6 Å². The Morgan fingerprint density at radius 2 is 1.74 bits per heavy atom. The van der Waals surface area contributed by atoms with Gasteiger partial charge in [0.2, 0.25) is 10.0 Å². The van der Waals surface area contributed by atoms with Crippen LogP contribution >= 0.6 is 0 Å². The number of nitrogens with zero attached hydrogens (tertiary/aromatic N) is 3. The Hall–Kier alpha value is -2.12. The summed E-state index contributed by atoms with van der Waals surface area (Å²) in [7, 11) is -1.56. The fourth-order valence-electron chi connectivity index (χ4n) is 4.84. The van der Waals surface area contributed by atoms with E-state index in [1.807, 2.05) is 24.2 Å². The van der Waals surface area contributed by atoms with Crippen LogP contribution in [-0.2, 0) is 17.1 Å². The van der Waals surface area contributed by atoms with Crippen molar-refractivity contribution >= 4 is 15.9 Å². The van der Waals surface area contributed by atoms with Crippen LogP contribution in [0.4, 0.5) is 0 Å². The van der Waals surface area contributed by atoms with Gasteiger partial charge in [0.25, 0.3) is 5.91 Å². The zero-order valence-corrected chi connectivity index (χ0v) is 19.4. The van der Waals surface area contributed by atoms with Gasteiger partial charge in [-0.05, 0) is 68.4 Å². The van der Waals surface area contributed by atoms with Crippen LogP contribution in [0.5, 0.6) is 0 Å². The molecule has 6 nitrogen and oxygen atoms in total. The standard InChI is InChI=1S/C24H33N3O3S/c1-19-11-12-23(22-10-7-14-25(22)2)27(17-13-19)24(28)20-8-6-9-21(18-20)31(29,30)26-15-4-3-5-16-26/h6-10,14,18-19,23H,3-5,11-13,15-17H2,1-2H3/t19-,23-/m0/s1. The number of hydrogen-bond acceptors (Lipinski definition) is 3. The Labute approximate surface area is 185 Å². The van der Waals surface area contributed by atoms with Crippen LogP contribution < -0.4 is 0 Å². The summed E-state index contributed by atoms with van der Waals surface area (Å²) in [6.45, 7) is 4.03. The molecule has 2 aromatic rings. The molecule has 3 heterocycles. The Balaban J connectivity index is 1.64. The molecule has 2 atom stereocenters. The van der Waals surface area contributed by atoms with E-state index in [-0.39, 0.29) is 16.8 Å². The minimum atomic E-state index is -3.57. The second-order valence-corrected chi connectivity index (χ2v) is 11.0. The zero-order valence-electron chi connectivity index (χ0n) is 18.5. The fraction of sp³-hybridized carbons (Fsp3) is 0.542. The van der Waals surface area contributed by atoms with E-state index in [9.17, 15) is 13.2 Å². The highest BCUT2D eigenvalue weighted by Crippen LogP contribution is 2.34. The van der Waals surface area contributed by atoms with E-state index >= 15 is 0 Å². The number of benzene rings is 1. The lowest BCUT2D eigenvalue weighted by molar-refractivity contribution is 0.0673. The molecule has 1 aromatic carbocycles. The number of rotatable bonds is 4. The minimum absolute atomic E-state index is 0.000178. The number of carbonyl (C=O) groups is 1. The Morgan fingerprint density at radius 3 is 2.45 bits per heavy atom. The number of piperidine rings is 1. The number of likely N-dealkylation sites (tertiary alicyclic amines) is 1. The zero-order chi connectivity index (χ0) is 22.0. The van der Waals surface area contributed by atoms with Gasteiger partial charge in [0.05, 0.1) is 10.9 Å². The van der Waals surface area contributed by atoms with E-state index in [0.29, 0.717) is 31.1 Å². The maximum Gasteiger partial charge on any atom is 0.254 e. The summed E-state index contributed by atoms with van der Waals surface area (Å²) in [5.74, 6) is 0.474. The molecule has 31 heavy (non-hydrogen) atoms. The molecule has 2 fully saturated rings. The first-order valence-electron chi connectivity index (χ1n) is 11.4. The second kappa shape index (κ2) is 9.17. The van der Waals surface area contributed by atoms with Crippen molar-refractivity contribution in [2.75, 3.05) is 19.6 Å². The molecule has 2 aliphatic heterocycles. The molecule has 4 rings (SSSR count). The molecule has 0 aliphatic carbocycles. The number of aromatic nitrogens is 1. The first kappa shape index (κ1) is 22.1. The van der Waals surface area contributed by atoms with Crippen molar-refractivity contribution in [3.63, 3.8) is 0 Å². The molecule has 0 radical (unpaired) electrons. The van der Waals surface area contributed by atoms with E-state index in [0.717, 1.165) is 44.2 Å². The van der Waals surface area contributed by atoms with Crippen LogP contribution in [0.15, 0.2) is 47.5 Å². The molecular weight excluding hydrogens is 410 g/mol. The predicted molar refractivity (Wildman–Crippen MR) is 121 cm³/mol. The largest absolute Gasteiger partial charge is 0.353 e. The molecule has 2 saturated heterocycles. The van der Waals surface area contributed by atoms with Crippen LogP contribution in [-0.4, -0.2) is 47.7 Å². The molecule has 7 heteroatoms. The monoisotopic (exact) mass is 443 g/mol. The molecule has 0 bridgehead atoms. The van der Waals surface area contributed by atoms with Gasteiger partial charge in [-0.2, -0.15) is 4.31 Å². The van der Waals surface area contributed by atoms with Crippen molar-refractivity contribution in [1.29, 1.82) is 0 Å². The predicted octanol–water partition coefficient (Wildman–Crippen LogP) is 4.20. The molecule has 0 spiro atoms. The van der Waals surface area contributed by atoms with Crippen molar-refractivity contribution in [2.24, 2.45) is 13.0 Å². The molecule has 1 amide bonds. The summed E-state index contributed by atoms with van der Waals surface area (Å²) in [5.41, 5.74) is 1.58. The summed E-state index contributed by atoms with van der Waals surface area (Å²) < 4.78 is 29.9. The average molecular weight is 444 g/mol. The second-order valence-electron chi connectivity index (χ2n) is 9.02. The maximum atomic E-state index is 13.6. The third-order valence-corrected chi connectivity index (χ3v) is 8.69. The molecule has 1 aromatic heterocycles. The highest BCUT2D eigenvalue weighted by Gasteiger charge is 2.32. The molecule has 0 unspecified atom stereocenters. The van der Waals surface area contributed by atoms with Crippen molar-refractivity contribution in [2.45, 2.75) is 56.4 Å². The van der Waals surface area contributed by atoms with Crippen molar-refractivity contribution in [1.82, 2.24) is 13.8 Å². The summed E-state index contributed by atoms with van der Waals surface area (Å²) in [6.07, 6.45) is 7.80. The van der Waals surface area contributed by atoms with Gasteiger partial charge < -0.3 is 9.47 Å². The number of carbonyl (C=O) groups excluding carboxylic acids is 1.